The molecule has 1 heterocycles. The van der Waals surface area contributed by atoms with Crippen molar-refractivity contribution in [1.82, 2.24) is 15.0 Å². The van der Waals surface area contributed by atoms with E-state index >= 15 is 0 Å². The smallest absolute Gasteiger partial charge is 0.271 e. The Morgan fingerprint density at radius 1 is 1.07 bits per heavy atom. The van der Waals surface area contributed by atoms with Crippen molar-refractivity contribution >= 4 is 22.7 Å². The number of nitrogens with one attached hydrogen (secondary N) is 1. The second-order valence-electron chi connectivity index (χ2n) is 6.53. The number of hydrogen-bond acceptors (Lipinski definition) is 5. The summed E-state index contributed by atoms with van der Waals surface area (Å²) in [7, 11) is 3.18. The fraction of sp³-hybridized carbons (Fsp3) is 0.318. The van der Waals surface area contributed by atoms with E-state index in [-0.39, 0.29) is 5.91 Å². The molecule has 0 unspecified atom stereocenters. The molecule has 0 atom stereocenters. The first kappa shape index (κ1) is 20.4. The van der Waals surface area contributed by atoms with Crippen LogP contribution in [0.25, 0.3) is 11.0 Å². The van der Waals surface area contributed by atoms with Crippen LogP contribution < -0.4 is 14.9 Å². The van der Waals surface area contributed by atoms with Gasteiger partial charge in [-0.05, 0) is 56.7 Å². The molecular weight excluding hydrogens is 368 g/mol. The molecule has 0 aliphatic heterocycles. The number of carbonyl (C=O) groups is 1. The van der Waals surface area contributed by atoms with E-state index in [1.165, 1.54) is 0 Å². The fourth-order valence-corrected chi connectivity index (χ4v) is 3.34. The lowest BCUT2D eigenvalue weighted by Crippen LogP contribution is -2.20. The van der Waals surface area contributed by atoms with Gasteiger partial charge in [-0.15, -0.1) is 0 Å². The quantitative estimate of drug-likeness (QED) is 0.487. The van der Waals surface area contributed by atoms with Gasteiger partial charge in [0.25, 0.3) is 5.91 Å². The summed E-state index contributed by atoms with van der Waals surface area (Å²) in [5.41, 5.74) is 6.60. The second-order valence-corrected chi connectivity index (χ2v) is 6.53. The molecule has 7 heteroatoms. The van der Waals surface area contributed by atoms with E-state index < -0.39 is 0 Å². The molecule has 0 spiro atoms. The van der Waals surface area contributed by atoms with Gasteiger partial charge >= 0.3 is 0 Å². The SMILES string of the molecule is CC/C(=N\NC(=O)c1ccc2c(c1)nc(C)n2CC)c1ccc(OC)c(OC)c1. The van der Waals surface area contributed by atoms with Crippen molar-refractivity contribution in [3.63, 3.8) is 0 Å². The molecule has 3 rings (SSSR count). The lowest BCUT2D eigenvalue weighted by atomic mass is 10.1. The summed E-state index contributed by atoms with van der Waals surface area (Å²) >= 11 is 0. The summed E-state index contributed by atoms with van der Waals surface area (Å²) in [4.78, 5) is 17.2. The zero-order valence-electron chi connectivity index (χ0n) is 17.4. The van der Waals surface area contributed by atoms with Crippen LogP contribution in [0.4, 0.5) is 0 Å². The summed E-state index contributed by atoms with van der Waals surface area (Å²) in [6.07, 6.45) is 0.648. The highest BCUT2D eigenvalue weighted by Crippen LogP contribution is 2.28. The number of aromatic nitrogens is 2. The van der Waals surface area contributed by atoms with Gasteiger partial charge in [0.2, 0.25) is 0 Å². The molecule has 1 aromatic heterocycles. The number of fused-ring (bicyclic) bond motifs is 1. The maximum atomic E-state index is 12.6. The van der Waals surface area contributed by atoms with Crippen LogP contribution in [-0.4, -0.2) is 35.4 Å². The maximum absolute atomic E-state index is 12.6. The summed E-state index contributed by atoms with van der Waals surface area (Å²) in [6.45, 7) is 6.85. The Bertz CT molecular complexity index is 1070. The van der Waals surface area contributed by atoms with Gasteiger partial charge < -0.3 is 14.0 Å². The van der Waals surface area contributed by atoms with Crippen LogP contribution in [0.1, 0.15) is 42.0 Å². The predicted molar refractivity (Wildman–Crippen MR) is 114 cm³/mol. The molecule has 0 aliphatic carbocycles. The van der Waals surface area contributed by atoms with Gasteiger partial charge in [-0.25, -0.2) is 10.4 Å². The first-order valence-corrected chi connectivity index (χ1v) is 9.58. The van der Waals surface area contributed by atoms with Gasteiger partial charge in [-0.1, -0.05) is 6.92 Å². The number of benzene rings is 2. The highest BCUT2D eigenvalue weighted by Gasteiger charge is 2.12. The highest BCUT2D eigenvalue weighted by molar-refractivity contribution is 6.03. The lowest BCUT2D eigenvalue weighted by Gasteiger charge is -2.11. The van der Waals surface area contributed by atoms with E-state index in [9.17, 15) is 4.79 Å². The molecule has 0 aliphatic rings. The molecule has 1 amide bonds. The van der Waals surface area contributed by atoms with Crippen LogP contribution in [0.15, 0.2) is 41.5 Å². The van der Waals surface area contributed by atoms with Gasteiger partial charge in [0, 0.05) is 17.7 Å². The van der Waals surface area contributed by atoms with Crippen molar-refractivity contribution in [3.05, 3.63) is 53.3 Å². The number of imidazole rings is 1. The van der Waals surface area contributed by atoms with Gasteiger partial charge in [0.15, 0.2) is 11.5 Å². The number of carbonyl (C=O) groups excluding carboxylic acids is 1. The molecule has 0 saturated carbocycles. The van der Waals surface area contributed by atoms with E-state index in [0.29, 0.717) is 23.5 Å². The van der Waals surface area contributed by atoms with Gasteiger partial charge in [0.1, 0.15) is 5.82 Å². The van der Waals surface area contributed by atoms with E-state index in [0.717, 1.165) is 34.7 Å². The normalized spacial score (nSPS) is 11.6. The largest absolute Gasteiger partial charge is 0.493 e. The van der Waals surface area contributed by atoms with Crippen LogP contribution in [0, 0.1) is 6.92 Å². The van der Waals surface area contributed by atoms with Crippen molar-refractivity contribution in [1.29, 1.82) is 0 Å². The number of amides is 1. The molecule has 0 bridgehead atoms. The monoisotopic (exact) mass is 394 g/mol. The topological polar surface area (TPSA) is 77.7 Å². The summed E-state index contributed by atoms with van der Waals surface area (Å²) in [5, 5.41) is 4.33. The Labute approximate surface area is 170 Å². The number of methoxy groups -OCH3 is 2. The molecule has 0 saturated heterocycles. The Hall–Kier alpha value is -3.35. The van der Waals surface area contributed by atoms with Gasteiger partial charge in [-0.2, -0.15) is 5.10 Å². The highest BCUT2D eigenvalue weighted by atomic mass is 16.5. The molecule has 152 valence electrons. The lowest BCUT2D eigenvalue weighted by molar-refractivity contribution is 0.0955. The molecular formula is C22H26N4O3. The molecule has 2 aromatic carbocycles. The number of aryl methyl sites for hydroxylation is 2. The third-order valence-electron chi connectivity index (χ3n) is 4.86. The van der Waals surface area contributed by atoms with E-state index in [1.807, 2.05) is 38.1 Å². The van der Waals surface area contributed by atoms with Crippen molar-refractivity contribution in [2.45, 2.75) is 33.7 Å². The minimum Gasteiger partial charge on any atom is -0.493 e. The number of hydrogen-bond donors (Lipinski definition) is 1. The van der Waals surface area contributed by atoms with Crippen molar-refractivity contribution in [2.24, 2.45) is 5.10 Å². The molecule has 29 heavy (non-hydrogen) atoms. The van der Waals surface area contributed by atoms with Crippen LogP contribution in [-0.2, 0) is 6.54 Å². The molecule has 0 radical (unpaired) electrons. The third kappa shape index (κ3) is 4.08. The Morgan fingerprint density at radius 2 is 1.79 bits per heavy atom. The molecule has 1 N–H and O–H groups in total. The standard InChI is InChI=1S/C22H26N4O3/c1-6-17(15-9-11-20(28-4)21(13-15)29-5)24-25-22(27)16-8-10-19-18(12-16)23-14(3)26(19)7-2/h8-13H,6-7H2,1-5H3,(H,25,27)/b24-17+. The first-order valence-electron chi connectivity index (χ1n) is 9.58. The van der Waals surface area contributed by atoms with Crippen LogP contribution in [0.3, 0.4) is 0 Å². The van der Waals surface area contributed by atoms with Gasteiger partial charge in [-0.3, -0.25) is 4.79 Å². The van der Waals surface area contributed by atoms with E-state index in [4.69, 9.17) is 9.47 Å². The number of nitrogens with zero attached hydrogens (tertiary/aromatic N) is 3. The van der Waals surface area contributed by atoms with Crippen LogP contribution >= 0.6 is 0 Å². The molecule has 7 nitrogen and oxygen atoms in total. The number of rotatable bonds is 7. The zero-order chi connectivity index (χ0) is 21.0. The Kier molecular flexibility index (Phi) is 6.16. The van der Waals surface area contributed by atoms with Crippen molar-refractivity contribution < 1.29 is 14.3 Å². The van der Waals surface area contributed by atoms with Crippen molar-refractivity contribution in [2.75, 3.05) is 14.2 Å². The molecule has 0 fully saturated rings. The van der Waals surface area contributed by atoms with E-state index in [1.54, 1.807) is 26.4 Å². The minimum absolute atomic E-state index is 0.276. The van der Waals surface area contributed by atoms with Crippen LogP contribution in [0.2, 0.25) is 0 Å². The zero-order valence-corrected chi connectivity index (χ0v) is 17.4. The Morgan fingerprint density at radius 3 is 2.45 bits per heavy atom. The fourth-order valence-electron chi connectivity index (χ4n) is 3.34. The van der Waals surface area contributed by atoms with Gasteiger partial charge in [0.05, 0.1) is 31.0 Å². The number of hydrazone groups is 1. The first-order chi connectivity index (χ1) is 14.0. The maximum Gasteiger partial charge on any atom is 0.271 e. The summed E-state index contributed by atoms with van der Waals surface area (Å²) in [5.74, 6) is 1.91. The summed E-state index contributed by atoms with van der Waals surface area (Å²) in [6, 6.07) is 11.1. The molecule has 3 aromatic rings. The number of ether oxygens (including phenoxy) is 2. The van der Waals surface area contributed by atoms with Crippen LogP contribution in [0.5, 0.6) is 11.5 Å². The van der Waals surface area contributed by atoms with E-state index in [2.05, 4.69) is 27.0 Å². The second kappa shape index (κ2) is 8.77. The summed E-state index contributed by atoms with van der Waals surface area (Å²) < 4.78 is 12.7. The average Bonchev–Trinajstić information content (AvgIpc) is 3.07. The van der Waals surface area contributed by atoms with Crippen molar-refractivity contribution in [3.8, 4) is 11.5 Å². The minimum atomic E-state index is -0.276. The third-order valence-corrected chi connectivity index (χ3v) is 4.86. The Balaban J connectivity index is 1.84. The average molecular weight is 394 g/mol. The predicted octanol–water partition coefficient (Wildman–Crippen LogP) is 3.93.